The molecule has 2 saturated carbocycles. The summed E-state index contributed by atoms with van der Waals surface area (Å²) in [5.74, 6) is 1.77. The first-order chi connectivity index (χ1) is 10.7. The molecule has 6 heteroatoms. The van der Waals surface area contributed by atoms with E-state index in [0.29, 0.717) is 5.92 Å². The first-order valence-electron chi connectivity index (χ1n) is 7.85. The summed E-state index contributed by atoms with van der Waals surface area (Å²) in [7, 11) is 0. The fourth-order valence-corrected chi connectivity index (χ4v) is 4.06. The summed E-state index contributed by atoms with van der Waals surface area (Å²) in [5.41, 5.74) is 2.79. The van der Waals surface area contributed by atoms with Crippen molar-refractivity contribution in [3.8, 4) is 5.69 Å². The molecule has 2 bridgehead atoms. The minimum absolute atomic E-state index is 0.182. The summed E-state index contributed by atoms with van der Waals surface area (Å²) in [4.78, 5) is 12.5. The van der Waals surface area contributed by atoms with Gasteiger partial charge in [0.25, 0.3) is 0 Å². The Morgan fingerprint density at radius 2 is 2.23 bits per heavy atom. The Kier molecular flexibility index (Phi) is 3.17. The van der Waals surface area contributed by atoms with Crippen molar-refractivity contribution in [1.29, 1.82) is 0 Å². The number of rotatable bonds is 3. The highest BCUT2D eigenvalue weighted by Gasteiger charge is 2.42. The molecule has 4 rings (SSSR count). The number of carbonyl (C=O) groups excluding carboxylic acids is 1. The summed E-state index contributed by atoms with van der Waals surface area (Å²) >= 11 is 0. The van der Waals surface area contributed by atoms with Gasteiger partial charge in [-0.15, -0.1) is 5.10 Å². The molecule has 0 spiro atoms. The molecule has 2 fully saturated rings. The second-order valence-electron chi connectivity index (χ2n) is 6.53. The van der Waals surface area contributed by atoms with E-state index in [4.69, 9.17) is 0 Å². The van der Waals surface area contributed by atoms with E-state index >= 15 is 0 Å². The lowest BCUT2D eigenvalue weighted by molar-refractivity contribution is -0.121. The van der Waals surface area contributed by atoms with Gasteiger partial charge in [0.05, 0.1) is 5.69 Å². The first kappa shape index (κ1) is 13.4. The standard InChI is InChI=1S/C16H19N5O/c1-10-6-13(4-5-15(10)21-9-17-19-20-21)18-16(22)14-8-11-2-3-12(14)7-11/h4-6,9,11-12,14H,2-3,7-8H2,1H3,(H,18,22). The number of hydrogen-bond donors (Lipinski definition) is 1. The number of benzene rings is 1. The first-order valence-corrected chi connectivity index (χ1v) is 7.85. The largest absolute Gasteiger partial charge is 0.326 e. The molecule has 6 nitrogen and oxygen atoms in total. The fourth-order valence-electron chi connectivity index (χ4n) is 4.06. The van der Waals surface area contributed by atoms with Gasteiger partial charge in [0.2, 0.25) is 5.91 Å². The second-order valence-corrected chi connectivity index (χ2v) is 6.53. The molecule has 2 aromatic rings. The van der Waals surface area contributed by atoms with Gasteiger partial charge in [-0.2, -0.15) is 0 Å². The van der Waals surface area contributed by atoms with E-state index < -0.39 is 0 Å². The molecule has 3 atom stereocenters. The molecule has 3 unspecified atom stereocenters. The molecular weight excluding hydrogens is 278 g/mol. The molecule has 1 aromatic carbocycles. The minimum Gasteiger partial charge on any atom is -0.326 e. The number of fused-ring (bicyclic) bond motifs is 2. The summed E-state index contributed by atoms with van der Waals surface area (Å²) < 4.78 is 1.62. The van der Waals surface area contributed by atoms with Crippen molar-refractivity contribution in [1.82, 2.24) is 20.2 Å². The zero-order valence-electron chi connectivity index (χ0n) is 12.6. The van der Waals surface area contributed by atoms with Crippen LogP contribution in [-0.2, 0) is 4.79 Å². The number of carbonyl (C=O) groups is 1. The van der Waals surface area contributed by atoms with Gasteiger partial charge in [0.15, 0.2) is 0 Å². The lowest BCUT2D eigenvalue weighted by Gasteiger charge is -2.21. The molecule has 1 heterocycles. The molecule has 2 aliphatic rings. The highest BCUT2D eigenvalue weighted by Crippen LogP contribution is 2.48. The van der Waals surface area contributed by atoms with E-state index in [1.807, 2.05) is 25.1 Å². The Morgan fingerprint density at radius 1 is 1.32 bits per heavy atom. The van der Waals surface area contributed by atoms with Crippen LogP contribution < -0.4 is 5.32 Å². The van der Waals surface area contributed by atoms with Crippen LogP contribution >= 0.6 is 0 Å². The third-order valence-corrected chi connectivity index (χ3v) is 5.14. The third kappa shape index (κ3) is 2.28. The second kappa shape index (κ2) is 5.19. The van der Waals surface area contributed by atoms with Crippen LogP contribution in [0.2, 0.25) is 0 Å². The fraction of sp³-hybridized carbons (Fsp3) is 0.500. The molecule has 1 N–H and O–H groups in total. The average Bonchev–Trinajstić information content (AvgIpc) is 3.25. The lowest BCUT2D eigenvalue weighted by atomic mass is 9.88. The predicted octanol–water partition coefficient (Wildman–Crippen LogP) is 2.35. The zero-order chi connectivity index (χ0) is 15.1. The monoisotopic (exact) mass is 297 g/mol. The summed E-state index contributed by atoms with van der Waals surface area (Å²) in [6.45, 7) is 1.99. The topological polar surface area (TPSA) is 72.7 Å². The SMILES string of the molecule is Cc1cc(NC(=O)C2CC3CCC2C3)ccc1-n1cnnn1. The number of tetrazole rings is 1. The molecule has 22 heavy (non-hydrogen) atoms. The van der Waals surface area contributed by atoms with Crippen molar-refractivity contribution in [3.05, 3.63) is 30.1 Å². The van der Waals surface area contributed by atoms with Crippen LogP contribution in [-0.4, -0.2) is 26.1 Å². The number of aryl methyl sites for hydroxylation is 1. The van der Waals surface area contributed by atoms with Crippen molar-refractivity contribution in [2.24, 2.45) is 17.8 Å². The number of nitrogens with one attached hydrogen (secondary N) is 1. The van der Waals surface area contributed by atoms with E-state index in [1.54, 1.807) is 11.0 Å². The Bertz CT molecular complexity index is 697. The van der Waals surface area contributed by atoms with Crippen LogP contribution in [0.25, 0.3) is 5.69 Å². The normalized spacial score (nSPS) is 26.3. The molecule has 0 aliphatic heterocycles. The summed E-state index contributed by atoms with van der Waals surface area (Å²) in [5, 5.41) is 14.3. The maximum absolute atomic E-state index is 12.5. The smallest absolute Gasteiger partial charge is 0.227 e. The van der Waals surface area contributed by atoms with Gasteiger partial charge in [0, 0.05) is 11.6 Å². The van der Waals surface area contributed by atoms with Gasteiger partial charge in [-0.1, -0.05) is 6.42 Å². The van der Waals surface area contributed by atoms with Crippen LogP contribution in [0.15, 0.2) is 24.5 Å². The number of aromatic nitrogens is 4. The van der Waals surface area contributed by atoms with Crippen LogP contribution in [0, 0.1) is 24.7 Å². The average molecular weight is 297 g/mol. The minimum atomic E-state index is 0.182. The van der Waals surface area contributed by atoms with Crippen LogP contribution in [0.4, 0.5) is 5.69 Å². The van der Waals surface area contributed by atoms with Gasteiger partial charge < -0.3 is 5.32 Å². The zero-order valence-corrected chi connectivity index (χ0v) is 12.6. The Balaban J connectivity index is 1.49. The van der Waals surface area contributed by atoms with Gasteiger partial charge in [-0.3, -0.25) is 4.79 Å². The Morgan fingerprint density at radius 3 is 2.86 bits per heavy atom. The van der Waals surface area contributed by atoms with Gasteiger partial charge in [0.1, 0.15) is 6.33 Å². The molecule has 0 radical (unpaired) electrons. The van der Waals surface area contributed by atoms with Crippen molar-refractivity contribution < 1.29 is 4.79 Å². The summed E-state index contributed by atoms with van der Waals surface area (Å²) in [6.07, 6.45) is 6.41. The van der Waals surface area contributed by atoms with Gasteiger partial charge in [-0.25, -0.2) is 4.68 Å². The molecule has 114 valence electrons. The number of nitrogens with zero attached hydrogens (tertiary/aromatic N) is 4. The van der Waals surface area contributed by atoms with Crippen molar-refractivity contribution in [3.63, 3.8) is 0 Å². The number of anilines is 1. The van der Waals surface area contributed by atoms with E-state index in [-0.39, 0.29) is 11.8 Å². The van der Waals surface area contributed by atoms with E-state index in [9.17, 15) is 4.79 Å². The highest BCUT2D eigenvalue weighted by atomic mass is 16.1. The van der Waals surface area contributed by atoms with E-state index in [1.165, 1.54) is 19.3 Å². The number of hydrogen-bond acceptors (Lipinski definition) is 4. The van der Waals surface area contributed by atoms with Crippen LogP contribution in [0.5, 0.6) is 0 Å². The maximum Gasteiger partial charge on any atom is 0.227 e. The van der Waals surface area contributed by atoms with Gasteiger partial charge >= 0.3 is 0 Å². The number of amides is 1. The van der Waals surface area contributed by atoms with E-state index in [0.717, 1.165) is 29.3 Å². The quantitative estimate of drug-likeness (QED) is 0.944. The van der Waals surface area contributed by atoms with Crippen molar-refractivity contribution in [2.45, 2.75) is 32.6 Å². The third-order valence-electron chi connectivity index (χ3n) is 5.14. The van der Waals surface area contributed by atoms with Crippen LogP contribution in [0.3, 0.4) is 0 Å². The highest BCUT2D eigenvalue weighted by molar-refractivity contribution is 5.93. The molecule has 0 saturated heterocycles. The maximum atomic E-state index is 12.5. The van der Waals surface area contributed by atoms with Crippen LogP contribution in [0.1, 0.15) is 31.2 Å². The molecular formula is C16H19N5O. The Labute approximate surface area is 128 Å². The predicted molar refractivity (Wildman–Crippen MR) is 81.5 cm³/mol. The molecule has 1 aromatic heterocycles. The summed E-state index contributed by atoms with van der Waals surface area (Å²) in [6, 6.07) is 5.82. The van der Waals surface area contributed by atoms with Gasteiger partial charge in [-0.05, 0) is 72.2 Å². The molecule has 2 aliphatic carbocycles. The van der Waals surface area contributed by atoms with E-state index in [2.05, 4.69) is 20.8 Å². The molecule has 1 amide bonds. The van der Waals surface area contributed by atoms with Crippen molar-refractivity contribution in [2.75, 3.05) is 5.32 Å². The lowest BCUT2D eigenvalue weighted by Crippen LogP contribution is -2.27. The van der Waals surface area contributed by atoms with Crippen molar-refractivity contribution >= 4 is 11.6 Å². The Hall–Kier alpha value is -2.24.